The van der Waals surface area contributed by atoms with Gasteiger partial charge >= 0.3 is 18.0 Å². The number of carbonyl (C=O) groups is 1. The molecule has 0 saturated heterocycles. The lowest BCUT2D eigenvalue weighted by Gasteiger charge is -2.08. The normalized spacial score (nSPS) is 12.0. The third kappa shape index (κ3) is 5.39. The molecule has 0 atom stereocenters. The lowest BCUT2D eigenvalue weighted by molar-refractivity contribution is -0.159. The van der Waals surface area contributed by atoms with Crippen molar-refractivity contribution in [2.75, 3.05) is 20.8 Å². The third-order valence-electron chi connectivity index (χ3n) is 3.45. The Kier molecular flexibility index (Phi) is 6.88. The van der Waals surface area contributed by atoms with E-state index in [4.69, 9.17) is 10.1 Å². The van der Waals surface area contributed by atoms with Gasteiger partial charge in [-0.2, -0.15) is 18.2 Å². The molecule has 8 nitrogen and oxygen atoms in total. The van der Waals surface area contributed by atoms with Crippen LogP contribution < -0.4 is 5.32 Å². The van der Waals surface area contributed by atoms with Crippen molar-refractivity contribution in [1.82, 2.24) is 15.5 Å². The molecule has 11 heteroatoms. The SMILES string of the molecule is COCC(=N)/C(=C\NCc1ccc(-c2noc(C(F)(F)F)n2)cc1)C(=O)OC. The number of aromatic nitrogens is 2. The maximum absolute atomic E-state index is 12.5. The minimum atomic E-state index is -4.70. The predicted octanol–water partition coefficient (Wildman–Crippen LogP) is 2.57. The van der Waals surface area contributed by atoms with Gasteiger partial charge in [-0.25, -0.2) is 4.79 Å². The monoisotopic (exact) mass is 398 g/mol. The molecule has 0 fully saturated rings. The van der Waals surface area contributed by atoms with E-state index in [0.29, 0.717) is 12.1 Å². The fourth-order valence-corrected chi connectivity index (χ4v) is 2.10. The van der Waals surface area contributed by atoms with Crippen LogP contribution in [0, 0.1) is 5.41 Å². The van der Waals surface area contributed by atoms with E-state index < -0.39 is 18.0 Å². The van der Waals surface area contributed by atoms with Gasteiger partial charge in [-0.3, -0.25) is 0 Å². The first-order chi connectivity index (χ1) is 13.3. The summed E-state index contributed by atoms with van der Waals surface area (Å²) in [4.78, 5) is 15.0. The number of nitrogens with zero attached hydrogens (tertiary/aromatic N) is 2. The molecule has 2 rings (SSSR count). The molecule has 150 valence electrons. The molecule has 0 aliphatic heterocycles. The number of carbonyl (C=O) groups excluding carboxylic acids is 1. The van der Waals surface area contributed by atoms with Gasteiger partial charge in [-0.1, -0.05) is 29.4 Å². The Hall–Kier alpha value is -3.21. The molecule has 2 aromatic rings. The third-order valence-corrected chi connectivity index (χ3v) is 3.45. The zero-order chi connectivity index (χ0) is 20.7. The van der Waals surface area contributed by atoms with E-state index in [0.717, 1.165) is 5.56 Å². The number of benzene rings is 1. The van der Waals surface area contributed by atoms with Crippen LogP contribution in [0.5, 0.6) is 0 Å². The van der Waals surface area contributed by atoms with Crippen LogP contribution in [0.4, 0.5) is 13.2 Å². The molecule has 0 saturated carbocycles. The summed E-state index contributed by atoms with van der Waals surface area (Å²) in [7, 11) is 2.61. The molecule has 2 N–H and O–H groups in total. The van der Waals surface area contributed by atoms with Crippen molar-refractivity contribution in [3.8, 4) is 11.4 Å². The highest BCUT2D eigenvalue weighted by Crippen LogP contribution is 2.29. The van der Waals surface area contributed by atoms with Crippen LogP contribution in [0.1, 0.15) is 11.5 Å². The topological polar surface area (TPSA) is 110 Å². The molecule has 28 heavy (non-hydrogen) atoms. The standard InChI is InChI=1S/C17H17F3N4O4/c1-26-9-13(21)12(15(25)27-2)8-22-7-10-3-5-11(6-4-10)14-23-16(28-24-14)17(18,19)20/h3-6,8,21-22H,7,9H2,1-2H3/b12-8+,21-13?. The van der Waals surface area contributed by atoms with Crippen molar-refractivity contribution < 1.29 is 32.0 Å². The summed E-state index contributed by atoms with van der Waals surface area (Å²) in [5.74, 6) is -2.26. The maximum Gasteiger partial charge on any atom is 0.471 e. The lowest BCUT2D eigenvalue weighted by atomic mass is 10.1. The minimum absolute atomic E-state index is 0.0208. The average molecular weight is 398 g/mol. The van der Waals surface area contributed by atoms with Gasteiger partial charge < -0.3 is 24.7 Å². The van der Waals surface area contributed by atoms with Crippen LogP contribution >= 0.6 is 0 Å². The number of hydrogen-bond donors (Lipinski definition) is 2. The van der Waals surface area contributed by atoms with E-state index in [1.54, 1.807) is 24.3 Å². The van der Waals surface area contributed by atoms with Gasteiger partial charge in [0.1, 0.15) is 0 Å². The first kappa shape index (κ1) is 21.1. The van der Waals surface area contributed by atoms with Crippen molar-refractivity contribution >= 4 is 11.7 Å². The first-order valence-electron chi connectivity index (χ1n) is 7.85. The van der Waals surface area contributed by atoms with Gasteiger partial charge in [0, 0.05) is 25.4 Å². The maximum atomic E-state index is 12.5. The summed E-state index contributed by atoms with van der Waals surface area (Å²) in [6.45, 7) is 0.239. The smallest absolute Gasteiger partial charge is 0.465 e. The zero-order valence-electron chi connectivity index (χ0n) is 15.0. The van der Waals surface area contributed by atoms with Crippen LogP contribution in [0.2, 0.25) is 0 Å². The Labute approximate surface area is 157 Å². The highest BCUT2D eigenvalue weighted by atomic mass is 19.4. The van der Waals surface area contributed by atoms with Crippen molar-refractivity contribution in [3.05, 3.63) is 47.5 Å². The second kappa shape index (κ2) is 9.13. The number of nitrogens with one attached hydrogen (secondary N) is 2. The second-order valence-electron chi connectivity index (χ2n) is 5.46. The fourth-order valence-electron chi connectivity index (χ4n) is 2.10. The number of hydrogen-bond acceptors (Lipinski definition) is 8. The molecule has 1 aromatic carbocycles. The number of halogens is 3. The number of alkyl halides is 3. The quantitative estimate of drug-likeness (QED) is 0.399. The Morgan fingerprint density at radius 1 is 1.29 bits per heavy atom. The van der Waals surface area contributed by atoms with Crippen LogP contribution in [-0.4, -0.2) is 42.6 Å². The summed E-state index contributed by atoms with van der Waals surface area (Å²) in [5, 5.41) is 14.0. The highest BCUT2D eigenvalue weighted by Gasteiger charge is 2.38. The summed E-state index contributed by atoms with van der Waals surface area (Å²) in [6.07, 6.45) is -3.36. The van der Waals surface area contributed by atoms with E-state index in [1.165, 1.54) is 20.4 Å². The van der Waals surface area contributed by atoms with E-state index in [1.807, 2.05) is 0 Å². The number of ether oxygens (including phenoxy) is 2. The van der Waals surface area contributed by atoms with Crippen LogP contribution in [0.3, 0.4) is 0 Å². The molecule has 1 heterocycles. The van der Waals surface area contributed by atoms with Gasteiger partial charge in [-0.15, -0.1) is 0 Å². The number of rotatable bonds is 8. The van der Waals surface area contributed by atoms with Gasteiger partial charge in [0.25, 0.3) is 0 Å². The second-order valence-corrected chi connectivity index (χ2v) is 5.46. The highest BCUT2D eigenvalue weighted by molar-refractivity contribution is 6.18. The summed E-state index contributed by atoms with van der Waals surface area (Å²) in [6, 6.07) is 6.38. The van der Waals surface area contributed by atoms with Gasteiger partial charge in [0.2, 0.25) is 5.82 Å². The molecular formula is C17H17F3N4O4. The number of esters is 1. The van der Waals surface area contributed by atoms with Gasteiger partial charge in [0.05, 0.1) is 25.0 Å². The molecule has 0 spiro atoms. The summed E-state index contributed by atoms with van der Waals surface area (Å²) >= 11 is 0. The van der Waals surface area contributed by atoms with Crippen molar-refractivity contribution in [3.63, 3.8) is 0 Å². The average Bonchev–Trinajstić information content (AvgIpc) is 3.16. The molecule has 0 aliphatic rings. The molecule has 0 radical (unpaired) electrons. The van der Waals surface area contributed by atoms with E-state index in [9.17, 15) is 18.0 Å². The molecule has 0 amide bonds. The van der Waals surface area contributed by atoms with Gasteiger partial charge in [0.15, 0.2) is 0 Å². The van der Waals surface area contributed by atoms with Gasteiger partial charge in [-0.05, 0) is 5.56 Å². The lowest BCUT2D eigenvalue weighted by Crippen LogP contribution is -2.20. The predicted molar refractivity (Wildman–Crippen MR) is 91.3 cm³/mol. The molecular weight excluding hydrogens is 381 g/mol. The Morgan fingerprint density at radius 2 is 1.96 bits per heavy atom. The minimum Gasteiger partial charge on any atom is -0.465 e. The molecule has 0 bridgehead atoms. The van der Waals surface area contributed by atoms with Crippen molar-refractivity contribution in [2.45, 2.75) is 12.7 Å². The molecule has 0 aliphatic carbocycles. The fraction of sp³-hybridized carbons (Fsp3) is 0.294. The summed E-state index contributed by atoms with van der Waals surface area (Å²) in [5.41, 5.74) is 1.10. The largest absolute Gasteiger partial charge is 0.471 e. The van der Waals surface area contributed by atoms with Crippen LogP contribution in [0.25, 0.3) is 11.4 Å². The Morgan fingerprint density at radius 3 is 2.50 bits per heavy atom. The Bertz CT molecular complexity index is 860. The van der Waals surface area contributed by atoms with E-state index >= 15 is 0 Å². The van der Waals surface area contributed by atoms with E-state index in [2.05, 4.69) is 24.7 Å². The number of methoxy groups -OCH3 is 2. The zero-order valence-corrected chi connectivity index (χ0v) is 15.0. The molecule has 0 unspecified atom stereocenters. The van der Waals surface area contributed by atoms with Crippen LogP contribution in [0.15, 0.2) is 40.6 Å². The summed E-state index contributed by atoms with van der Waals surface area (Å²) < 4.78 is 51.2. The Balaban J connectivity index is 2.04. The van der Waals surface area contributed by atoms with Crippen LogP contribution in [-0.2, 0) is 27.0 Å². The van der Waals surface area contributed by atoms with E-state index in [-0.39, 0.29) is 23.7 Å². The van der Waals surface area contributed by atoms with Crippen molar-refractivity contribution in [2.24, 2.45) is 0 Å². The van der Waals surface area contributed by atoms with Crippen molar-refractivity contribution in [1.29, 1.82) is 5.41 Å². The molecule has 1 aromatic heterocycles. The first-order valence-corrected chi connectivity index (χ1v) is 7.85.